The number of aliphatic hydroxyl groups excluding tert-OH is 1. The van der Waals surface area contributed by atoms with Crippen LogP contribution in [0, 0.1) is 0 Å². The first-order valence-corrected chi connectivity index (χ1v) is 4.95. The third kappa shape index (κ3) is 4.12. The van der Waals surface area contributed by atoms with Crippen molar-refractivity contribution in [1.82, 2.24) is 5.32 Å². The summed E-state index contributed by atoms with van der Waals surface area (Å²) >= 11 is 0. The first kappa shape index (κ1) is 13.0. The topological polar surface area (TPSA) is 84.9 Å². The number of hydrogen-bond donors (Lipinski definition) is 2. The van der Waals surface area contributed by atoms with Crippen molar-refractivity contribution in [3.05, 3.63) is 29.8 Å². The number of carbonyl (C=O) groups excluding carboxylic acids is 2. The summed E-state index contributed by atoms with van der Waals surface area (Å²) in [6.45, 7) is -0.265. The van der Waals surface area contributed by atoms with Gasteiger partial charge >= 0.3 is 12.1 Å². The molecular formula is C11H13NO5. The molecule has 0 fully saturated rings. The molecule has 6 heteroatoms. The molecule has 17 heavy (non-hydrogen) atoms. The summed E-state index contributed by atoms with van der Waals surface area (Å²) < 4.78 is 9.55. The van der Waals surface area contributed by atoms with Gasteiger partial charge in [-0.2, -0.15) is 0 Å². The van der Waals surface area contributed by atoms with Crippen molar-refractivity contribution < 1.29 is 24.2 Å². The molecule has 0 radical (unpaired) electrons. The van der Waals surface area contributed by atoms with Crippen LogP contribution in [0.25, 0.3) is 0 Å². The van der Waals surface area contributed by atoms with Gasteiger partial charge in [0.2, 0.25) is 0 Å². The zero-order valence-corrected chi connectivity index (χ0v) is 9.30. The van der Waals surface area contributed by atoms with Crippen molar-refractivity contribution in [3.63, 3.8) is 0 Å². The Morgan fingerprint density at radius 3 is 2.47 bits per heavy atom. The Bertz CT molecular complexity index is 387. The predicted octanol–water partition coefficient (Wildman–Crippen LogP) is 0.554. The van der Waals surface area contributed by atoms with Gasteiger partial charge in [0.15, 0.2) is 0 Å². The van der Waals surface area contributed by atoms with Gasteiger partial charge in [-0.25, -0.2) is 9.59 Å². The summed E-state index contributed by atoms with van der Waals surface area (Å²) in [4.78, 5) is 22.2. The van der Waals surface area contributed by atoms with Gasteiger partial charge in [0.1, 0.15) is 12.4 Å². The van der Waals surface area contributed by atoms with Crippen LogP contribution in [0.4, 0.5) is 4.79 Å². The lowest BCUT2D eigenvalue weighted by Crippen LogP contribution is -2.22. The molecule has 0 unspecified atom stereocenters. The van der Waals surface area contributed by atoms with E-state index in [1.165, 1.54) is 31.3 Å². The summed E-state index contributed by atoms with van der Waals surface area (Å²) in [5.74, 6) is -0.214. The van der Waals surface area contributed by atoms with E-state index < -0.39 is 12.1 Å². The molecule has 0 aromatic heterocycles. The summed E-state index contributed by atoms with van der Waals surface area (Å²) in [6, 6.07) is 5.89. The highest BCUT2D eigenvalue weighted by molar-refractivity contribution is 5.89. The van der Waals surface area contributed by atoms with E-state index in [1.54, 1.807) is 0 Å². The maximum Gasteiger partial charge on any atom is 0.412 e. The third-order valence-electron chi connectivity index (χ3n) is 1.83. The van der Waals surface area contributed by atoms with Crippen LogP contribution in [0.1, 0.15) is 10.4 Å². The summed E-state index contributed by atoms with van der Waals surface area (Å²) in [7, 11) is 1.45. The third-order valence-corrected chi connectivity index (χ3v) is 1.83. The number of esters is 1. The Kier molecular flexibility index (Phi) is 4.96. The summed E-state index contributed by atoms with van der Waals surface area (Å²) in [5.41, 5.74) is 0.322. The van der Waals surface area contributed by atoms with E-state index in [0.29, 0.717) is 11.3 Å². The number of ether oxygens (including phenoxy) is 2. The number of carbonyl (C=O) groups is 2. The van der Waals surface area contributed by atoms with E-state index in [0.717, 1.165) is 0 Å². The van der Waals surface area contributed by atoms with E-state index in [2.05, 4.69) is 5.32 Å². The fourth-order valence-corrected chi connectivity index (χ4v) is 1.04. The highest BCUT2D eigenvalue weighted by Crippen LogP contribution is 2.13. The largest absolute Gasteiger partial charge is 0.460 e. The standard InChI is InChI=1S/C11H13NO5/c1-12-11(15)17-9-4-2-8(3-5-9)10(14)16-7-6-13/h2-5,13H,6-7H2,1H3,(H,12,15). The van der Waals surface area contributed by atoms with E-state index >= 15 is 0 Å². The van der Waals surface area contributed by atoms with Crippen molar-refractivity contribution in [2.24, 2.45) is 0 Å². The number of amides is 1. The molecule has 0 bridgehead atoms. The zero-order valence-electron chi connectivity index (χ0n) is 9.30. The molecule has 0 atom stereocenters. The van der Waals surface area contributed by atoms with E-state index in [4.69, 9.17) is 14.6 Å². The lowest BCUT2D eigenvalue weighted by atomic mass is 10.2. The minimum atomic E-state index is -0.583. The molecule has 2 N–H and O–H groups in total. The molecule has 1 rings (SSSR count). The zero-order chi connectivity index (χ0) is 12.7. The van der Waals surface area contributed by atoms with Crippen molar-refractivity contribution in [2.45, 2.75) is 0 Å². The molecular weight excluding hydrogens is 226 g/mol. The second kappa shape index (κ2) is 6.49. The summed E-state index contributed by atoms with van der Waals surface area (Å²) in [6.07, 6.45) is -0.583. The van der Waals surface area contributed by atoms with Gasteiger partial charge in [-0.05, 0) is 24.3 Å². The van der Waals surface area contributed by atoms with Gasteiger partial charge in [0, 0.05) is 7.05 Å². The fourth-order valence-electron chi connectivity index (χ4n) is 1.04. The number of hydrogen-bond acceptors (Lipinski definition) is 5. The smallest absolute Gasteiger partial charge is 0.412 e. The molecule has 0 aliphatic rings. The van der Waals surface area contributed by atoms with Crippen LogP contribution < -0.4 is 10.1 Å². The van der Waals surface area contributed by atoms with Crippen molar-refractivity contribution in [1.29, 1.82) is 0 Å². The first-order chi connectivity index (χ1) is 8.17. The molecule has 0 spiro atoms. The van der Waals surface area contributed by atoms with Crippen LogP contribution in [0.2, 0.25) is 0 Å². The van der Waals surface area contributed by atoms with Gasteiger partial charge in [0.25, 0.3) is 0 Å². The molecule has 1 aromatic carbocycles. The number of benzene rings is 1. The highest BCUT2D eigenvalue weighted by Gasteiger charge is 2.07. The molecule has 92 valence electrons. The lowest BCUT2D eigenvalue weighted by molar-refractivity contribution is 0.0434. The minimum Gasteiger partial charge on any atom is -0.460 e. The second-order valence-electron chi connectivity index (χ2n) is 3.02. The van der Waals surface area contributed by atoms with Gasteiger partial charge in [-0.3, -0.25) is 0 Å². The first-order valence-electron chi connectivity index (χ1n) is 4.95. The Morgan fingerprint density at radius 1 is 1.29 bits per heavy atom. The Hall–Kier alpha value is -2.08. The van der Waals surface area contributed by atoms with Gasteiger partial charge in [-0.1, -0.05) is 0 Å². The molecule has 6 nitrogen and oxygen atoms in total. The minimum absolute atomic E-state index is 0.0463. The van der Waals surface area contributed by atoms with Crippen LogP contribution in [-0.2, 0) is 4.74 Å². The molecule has 1 aromatic rings. The van der Waals surface area contributed by atoms with Gasteiger partial charge in [0.05, 0.1) is 12.2 Å². The van der Waals surface area contributed by atoms with Crippen LogP contribution >= 0.6 is 0 Å². The van der Waals surface area contributed by atoms with Crippen molar-refractivity contribution in [3.8, 4) is 5.75 Å². The summed E-state index contributed by atoms with van der Waals surface area (Å²) in [5, 5.41) is 10.8. The SMILES string of the molecule is CNC(=O)Oc1ccc(C(=O)OCCO)cc1. The van der Waals surface area contributed by atoms with Crippen molar-refractivity contribution in [2.75, 3.05) is 20.3 Å². The van der Waals surface area contributed by atoms with Crippen LogP contribution in [0.15, 0.2) is 24.3 Å². The molecule has 0 saturated carbocycles. The quantitative estimate of drug-likeness (QED) is 0.750. The molecule has 0 saturated heterocycles. The molecule has 0 aliphatic carbocycles. The fraction of sp³-hybridized carbons (Fsp3) is 0.273. The average molecular weight is 239 g/mol. The predicted molar refractivity (Wildman–Crippen MR) is 58.9 cm³/mol. The Balaban J connectivity index is 2.61. The monoisotopic (exact) mass is 239 g/mol. The Labute approximate surface area is 98.2 Å². The lowest BCUT2D eigenvalue weighted by Gasteiger charge is -2.05. The van der Waals surface area contributed by atoms with Crippen LogP contribution in [0.3, 0.4) is 0 Å². The van der Waals surface area contributed by atoms with Crippen LogP contribution in [0.5, 0.6) is 5.75 Å². The van der Waals surface area contributed by atoms with Crippen LogP contribution in [-0.4, -0.2) is 37.4 Å². The van der Waals surface area contributed by atoms with Gasteiger partial charge in [-0.15, -0.1) is 0 Å². The van der Waals surface area contributed by atoms with Crippen molar-refractivity contribution >= 4 is 12.1 Å². The average Bonchev–Trinajstić information content (AvgIpc) is 2.36. The highest BCUT2D eigenvalue weighted by atomic mass is 16.6. The Morgan fingerprint density at radius 2 is 1.94 bits per heavy atom. The molecule has 0 aliphatic heterocycles. The maximum atomic E-state index is 11.3. The number of rotatable bonds is 4. The number of nitrogens with one attached hydrogen (secondary N) is 1. The molecule has 1 amide bonds. The number of aliphatic hydroxyl groups is 1. The van der Waals surface area contributed by atoms with E-state index in [-0.39, 0.29) is 13.2 Å². The van der Waals surface area contributed by atoms with Gasteiger partial charge < -0.3 is 19.9 Å². The van der Waals surface area contributed by atoms with E-state index in [9.17, 15) is 9.59 Å². The molecule has 0 heterocycles. The maximum absolute atomic E-state index is 11.3. The van der Waals surface area contributed by atoms with E-state index in [1.807, 2.05) is 0 Å². The normalized spacial score (nSPS) is 9.53. The second-order valence-corrected chi connectivity index (χ2v) is 3.02.